The lowest BCUT2D eigenvalue weighted by Crippen LogP contribution is -2.41. The van der Waals surface area contributed by atoms with Gasteiger partial charge in [-0.1, -0.05) is 30.3 Å². The van der Waals surface area contributed by atoms with Crippen LogP contribution in [0.25, 0.3) is 0 Å². The standard InChI is InChI=1S/C22H25N3O2/c26-21-13-12-20(25(21)16-17-6-2-1-3-7-17)22(27)23-18-8-10-19(11-9-18)24-14-4-5-15-24/h1-3,6-11,20H,4-5,12-16H2,(H,23,27). The molecule has 5 nitrogen and oxygen atoms in total. The molecule has 5 heteroatoms. The van der Waals surface area contributed by atoms with Gasteiger partial charge in [-0.2, -0.15) is 0 Å². The summed E-state index contributed by atoms with van der Waals surface area (Å²) in [5.74, 6) is -0.0610. The van der Waals surface area contributed by atoms with Crippen LogP contribution in [-0.4, -0.2) is 35.8 Å². The zero-order valence-corrected chi connectivity index (χ0v) is 15.4. The van der Waals surface area contributed by atoms with E-state index in [0.717, 1.165) is 24.3 Å². The van der Waals surface area contributed by atoms with Gasteiger partial charge >= 0.3 is 0 Å². The van der Waals surface area contributed by atoms with Gasteiger partial charge in [0.2, 0.25) is 11.8 Å². The van der Waals surface area contributed by atoms with Crippen LogP contribution in [0.5, 0.6) is 0 Å². The summed E-state index contributed by atoms with van der Waals surface area (Å²) in [4.78, 5) is 29.1. The van der Waals surface area contributed by atoms with Crippen molar-refractivity contribution >= 4 is 23.2 Å². The number of amides is 2. The van der Waals surface area contributed by atoms with Gasteiger partial charge in [-0.05, 0) is 49.1 Å². The maximum absolute atomic E-state index is 12.8. The molecule has 27 heavy (non-hydrogen) atoms. The minimum Gasteiger partial charge on any atom is -0.372 e. The Hall–Kier alpha value is -2.82. The second-order valence-corrected chi connectivity index (χ2v) is 7.29. The molecule has 2 fully saturated rings. The van der Waals surface area contributed by atoms with Gasteiger partial charge < -0.3 is 15.1 Å². The molecular weight excluding hydrogens is 338 g/mol. The van der Waals surface area contributed by atoms with Crippen LogP contribution >= 0.6 is 0 Å². The van der Waals surface area contributed by atoms with Crippen molar-refractivity contribution in [3.05, 3.63) is 60.2 Å². The molecule has 2 heterocycles. The molecule has 140 valence electrons. The summed E-state index contributed by atoms with van der Waals surface area (Å²) in [7, 11) is 0. The lowest BCUT2D eigenvalue weighted by Gasteiger charge is -2.24. The Morgan fingerprint density at radius 1 is 1.00 bits per heavy atom. The number of likely N-dealkylation sites (tertiary alicyclic amines) is 1. The molecule has 0 radical (unpaired) electrons. The van der Waals surface area contributed by atoms with Crippen molar-refractivity contribution < 1.29 is 9.59 Å². The average molecular weight is 363 g/mol. The molecule has 2 aromatic rings. The van der Waals surface area contributed by atoms with Gasteiger partial charge in [0.25, 0.3) is 0 Å². The molecule has 2 aromatic carbocycles. The number of benzene rings is 2. The smallest absolute Gasteiger partial charge is 0.247 e. The molecule has 1 unspecified atom stereocenters. The summed E-state index contributed by atoms with van der Waals surface area (Å²) >= 11 is 0. The van der Waals surface area contributed by atoms with E-state index in [1.165, 1.54) is 18.5 Å². The van der Waals surface area contributed by atoms with Crippen LogP contribution in [0.1, 0.15) is 31.2 Å². The first-order valence-electron chi connectivity index (χ1n) is 9.70. The van der Waals surface area contributed by atoms with Crippen LogP contribution in [0.3, 0.4) is 0 Å². The first-order chi connectivity index (χ1) is 13.2. The molecule has 2 aliphatic heterocycles. The second-order valence-electron chi connectivity index (χ2n) is 7.29. The van der Waals surface area contributed by atoms with Crippen LogP contribution in [0.2, 0.25) is 0 Å². The Kier molecular flexibility index (Phi) is 5.10. The Bertz CT molecular complexity index is 798. The van der Waals surface area contributed by atoms with Gasteiger partial charge in [-0.3, -0.25) is 9.59 Å². The third-order valence-corrected chi connectivity index (χ3v) is 5.43. The van der Waals surface area contributed by atoms with E-state index in [9.17, 15) is 9.59 Å². The number of carbonyl (C=O) groups is 2. The van der Waals surface area contributed by atoms with Crippen molar-refractivity contribution in [2.75, 3.05) is 23.3 Å². The summed E-state index contributed by atoms with van der Waals surface area (Å²) in [6.07, 6.45) is 3.49. The maximum Gasteiger partial charge on any atom is 0.247 e. The van der Waals surface area contributed by atoms with Gasteiger partial charge in [-0.25, -0.2) is 0 Å². The molecule has 0 saturated carbocycles. The van der Waals surface area contributed by atoms with Crippen molar-refractivity contribution in [3.8, 4) is 0 Å². The highest BCUT2D eigenvalue weighted by Crippen LogP contribution is 2.25. The summed E-state index contributed by atoms with van der Waals surface area (Å²) < 4.78 is 0. The summed E-state index contributed by atoms with van der Waals surface area (Å²) in [6.45, 7) is 2.68. The minimum atomic E-state index is -0.407. The topological polar surface area (TPSA) is 52.7 Å². The van der Waals surface area contributed by atoms with Crippen LogP contribution in [0.15, 0.2) is 54.6 Å². The molecule has 2 aliphatic rings. The summed E-state index contributed by atoms with van der Waals surface area (Å²) in [5, 5.41) is 2.99. The highest BCUT2D eigenvalue weighted by Gasteiger charge is 2.35. The molecule has 1 atom stereocenters. The van der Waals surface area contributed by atoms with E-state index in [4.69, 9.17) is 0 Å². The Labute approximate surface area is 160 Å². The number of anilines is 2. The zero-order valence-electron chi connectivity index (χ0n) is 15.4. The molecule has 0 aliphatic carbocycles. The number of carbonyl (C=O) groups excluding carboxylic acids is 2. The van der Waals surface area contributed by atoms with Crippen LogP contribution in [-0.2, 0) is 16.1 Å². The van der Waals surface area contributed by atoms with Gasteiger partial charge in [0.1, 0.15) is 6.04 Å². The van der Waals surface area contributed by atoms with E-state index < -0.39 is 6.04 Å². The fourth-order valence-electron chi connectivity index (χ4n) is 3.94. The van der Waals surface area contributed by atoms with Gasteiger partial charge in [0, 0.05) is 37.4 Å². The first kappa shape index (κ1) is 17.6. The Morgan fingerprint density at radius 2 is 1.70 bits per heavy atom. The molecular formula is C22H25N3O2. The van der Waals surface area contributed by atoms with Crippen molar-refractivity contribution in [2.45, 2.75) is 38.3 Å². The first-order valence-corrected chi connectivity index (χ1v) is 9.70. The molecule has 2 amide bonds. The fourth-order valence-corrected chi connectivity index (χ4v) is 3.94. The third kappa shape index (κ3) is 3.97. The Morgan fingerprint density at radius 3 is 2.41 bits per heavy atom. The summed E-state index contributed by atoms with van der Waals surface area (Å²) in [6, 6.07) is 17.4. The molecule has 2 saturated heterocycles. The van der Waals surface area contributed by atoms with Gasteiger partial charge in [0.15, 0.2) is 0 Å². The normalized spacial score (nSPS) is 19.6. The SMILES string of the molecule is O=C(Nc1ccc(N2CCCC2)cc1)C1CCC(=O)N1Cc1ccccc1. The van der Waals surface area contributed by atoms with Crippen molar-refractivity contribution in [1.82, 2.24) is 4.90 Å². The number of rotatable bonds is 5. The van der Waals surface area contributed by atoms with E-state index in [-0.39, 0.29) is 11.8 Å². The monoisotopic (exact) mass is 363 g/mol. The van der Waals surface area contributed by atoms with Crippen molar-refractivity contribution in [3.63, 3.8) is 0 Å². The van der Waals surface area contributed by atoms with Gasteiger partial charge in [0.05, 0.1) is 0 Å². The van der Waals surface area contributed by atoms with Crippen molar-refractivity contribution in [1.29, 1.82) is 0 Å². The molecule has 0 spiro atoms. The van der Waals surface area contributed by atoms with Crippen molar-refractivity contribution in [2.24, 2.45) is 0 Å². The lowest BCUT2D eigenvalue weighted by atomic mass is 10.1. The van der Waals surface area contributed by atoms with E-state index in [1.807, 2.05) is 42.5 Å². The number of nitrogens with zero attached hydrogens (tertiary/aromatic N) is 2. The highest BCUT2D eigenvalue weighted by molar-refractivity contribution is 5.99. The molecule has 1 N–H and O–H groups in total. The molecule has 0 aromatic heterocycles. The third-order valence-electron chi connectivity index (χ3n) is 5.43. The predicted molar refractivity (Wildman–Crippen MR) is 107 cm³/mol. The van der Waals surface area contributed by atoms with E-state index >= 15 is 0 Å². The highest BCUT2D eigenvalue weighted by atomic mass is 16.2. The second kappa shape index (κ2) is 7.82. The van der Waals surface area contributed by atoms with Crippen LogP contribution in [0, 0.1) is 0 Å². The largest absolute Gasteiger partial charge is 0.372 e. The average Bonchev–Trinajstić information content (AvgIpc) is 3.34. The van der Waals surface area contributed by atoms with E-state index in [1.54, 1.807) is 4.90 Å². The maximum atomic E-state index is 12.8. The summed E-state index contributed by atoms with van der Waals surface area (Å²) in [5.41, 5.74) is 3.02. The number of nitrogens with one attached hydrogen (secondary N) is 1. The van der Waals surface area contributed by atoms with Gasteiger partial charge in [-0.15, -0.1) is 0 Å². The number of hydrogen-bond acceptors (Lipinski definition) is 3. The number of hydrogen-bond donors (Lipinski definition) is 1. The quantitative estimate of drug-likeness (QED) is 0.886. The molecule has 0 bridgehead atoms. The zero-order chi connectivity index (χ0) is 18.6. The minimum absolute atomic E-state index is 0.0448. The van der Waals surface area contributed by atoms with E-state index in [2.05, 4.69) is 22.3 Å². The Balaban J connectivity index is 1.41. The van der Waals surface area contributed by atoms with E-state index in [0.29, 0.717) is 19.4 Å². The van der Waals surface area contributed by atoms with Crippen LogP contribution < -0.4 is 10.2 Å². The predicted octanol–water partition coefficient (Wildman–Crippen LogP) is 3.42. The lowest BCUT2D eigenvalue weighted by molar-refractivity contribution is -0.133. The van der Waals surface area contributed by atoms with Crippen LogP contribution in [0.4, 0.5) is 11.4 Å². The molecule has 4 rings (SSSR count). The fraction of sp³-hybridized carbons (Fsp3) is 0.364.